The van der Waals surface area contributed by atoms with Gasteiger partial charge in [-0.2, -0.15) is 18.2 Å². The van der Waals surface area contributed by atoms with Crippen LogP contribution in [0, 0.1) is 6.92 Å². The van der Waals surface area contributed by atoms with E-state index in [-0.39, 0.29) is 5.75 Å². The van der Waals surface area contributed by atoms with Gasteiger partial charge in [-0.25, -0.2) is 4.79 Å². The van der Waals surface area contributed by atoms with Gasteiger partial charge in [-0.1, -0.05) is 5.16 Å². The molecule has 1 heterocycles. The molecule has 0 spiro atoms. The summed E-state index contributed by atoms with van der Waals surface area (Å²) in [6, 6.07) is -1.34. The number of hydrogen-bond acceptors (Lipinski definition) is 8. The summed E-state index contributed by atoms with van der Waals surface area (Å²) in [5.74, 6) is -0.842. The Morgan fingerprint density at radius 1 is 1.33 bits per heavy atom. The maximum absolute atomic E-state index is 11.8. The second-order valence-corrected chi connectivity index (χ2v) is 5.21. The standard InChI is InChI=1S/C11H13F3N4O5S/c1-6-16-7(18-23-6)3-24-4-9(20)22-2-8(19)17-10(21)15-5-11(12,13)14/h2-5H2,1H3,(H2,15,17,19,21). The molecule has 24 heavy (non-hydrogen) atoms. The third-order valence-corrected chi connectivity index (χ3v) is 2.99. The van der Waals surface area contributed by atoms with Crippen molar-refractivity contribution in [1.29, 1.82) is 0 Å². The zero-order valence-corrected chi connectivity index (χ0v) is 13.1. The number of carbonyl (C=O) groups excluding carboxylic acids is 3. The van der Waals surface area contributed by atoms with Crippen LogP contribution in [0.1, 0.15) is 11.7 Å². The highest BCUT2D eigenvalue weighted by Gasteiger charge is 2.28. The molecule has 0 saturated carbocycles. The van der Waals surface area contributed by atoms with Gasteiger partial charge < -0.3 is 14.6 Å². The minimum absolute atomic E-state index is 0.110. The summed E-state index contributed by atoms with van der Waals surface area (Å²) in [5.41, 5.74) is 0. The number of carbonyl (C=O) groups is 3. The number of aromatic nitrogens is 2. The van der Waals surface area contributed by atoms with Gasteiger partial charge in [0, 0.05) is 6.92 Å². The topological polar surface area (TPSA) is 123 Å². The summed E-state index contributed by atoms with van der Waals surface area (Å²) < 4.78 is 44.8. The van der Waals surface area contributed by atoms with Gasteiger partial charge in [-0.3, -0.25) is 14.9 Å². The van der Waals surface area contributed by atoms with Crippen LogP contribution in [0.3, 0.4) is 0 Å². The molecule has 1 aromatic rings. The second kappa shape index (κ2) is 9.10. The molecule has 2 N–H and O–H groups in total. The summed E-state index contributed by atoms with van der Waals surface area (Å²) in [6.45, 7) is -0.767. The summed E-state index contributed by atoms with van der Waals surface area (Å²) in [5, 5.41) is 6.63. The van der Waals surface area contributed by atoms with E-state index in [0.717, 1.165) is 11.8 Å². The molecule has 134 valence electrons. The fourth-order valence-electron chi connectivity index (χ4n) is 1.20. The number of nitrogens with zero attached hydrogens (tertiary/aromatic N) is 2. The molecule has 0 fully saturated rings. The second-order valence-electron chi connectivity index (χ2n) is 4.23. The first kappa shape index (κ1) is 19.7. The third kappa shape index (κ3) is 8.97. The summed E-state index contributed by atoms with van der Waals surface area (Å²) in [6.07, 6.45) is -4.60. The lowest BCUT2D eigenvalue weighted by Gasteiger charge is -2.09. The van der Waals surface area contributed by atoms with Crippen molar-refractivity contribution in [2.75, 3.05) is 18.9 Å². The van der Waals surface area contributed by atoms with Crippen LogP contribution in [0.2, 0.25) is 0 Å². The van der Waals surface area contributed by atoms with Crippen molar-refractivity contribution in [2.45, 2.75) is 18.9 Å². The zero-order chi connectivity index (χ0) is 18.2. The molecule has 0 aromatic carbocycles. The predicted octanol–water partition coefficient (Wildman–Crippen LogP) is 0.543. The minimum Gasteiger partial charge on any atom is -0.455 e. The molecule has 0 saturated heterocycles. The molecule has 1 aromatic heterocycles. The molecule has 0 radical (unpaired) electrons. The number of imide groups is 1. The van der Waals surface area contributed by atoms with E-state index in [1.54, 1.807) is 12.2 Å². The molecule has 0 aliphatic carbocycles. The monoisotopic (exact) mass is 370 g/mol. The Morgan fingerprint density at radius 3 is 2.62 bits per heavy atom. The fraction of sp³-hybridized carbons (Fsp3) is 0.545. The number of alkyl halides is 3. The summed E-state index contributed by atoms with van der Waals surface area (Å²) in [4.78, 5) is 37.4. The van der Waals surface area contributed by atoms with Crippen LogP contribution in [0.4, 0.5) is 18.0 Å². The highest BCUT2D eigenvalue weighted by molar-refractivity contribution is 7.99. The Bertz CT molecular complexity index is 592. The lowest BCUT2D eigenvalue weighted by Crippen LogP contribution is -2.44. The van der Waals surface area contributed by atoms with Crippen molar-refractivity contribution in [3.05, 3.63) is 11.7 Å². The Kier molecular flexibility index (Phi) is 7.48. The van der Waals surface area contributed by atoms with Crippen molar-refractivity contribution in [3.63, 3.8) is 0 Å². The van der Waals surface area contributed by atoms with Crippen molar-refractivity contribution in [2.24, 2.45) is 0 Å². The zero-order valence-electron chi connectivity index (χ0n) is 12.3. The largest absolute Gasteiger partial charge is 0.455 e. The Morgan fingerprint density at radius 2 is 2.04 bits per heavy atom. The lowest BCUT2D eigenvalue weighted by molar-refractivity contribution is -0.145. The average molecular weight is 370 g/mol. The molecule has 0 unspecified atom stereocenters. The number of hydrogen-bond donors (Lipinski definition) is 2. The Balaban J connectivity index is 2.14. The van der Waals surface area contributed by atoms with Gasteiger partial charge in [-0.15, -0.1) is 11.8 Å². The quantitative estimate of drug-likeness (QED) is 0.667. The SMILES string of the molecule is Cc1nc(CSCC(=O)OCC(=O)NC(=O)NCC(F)(F)F)no1. The van der Waals surface area contributed by atoms with E-state index in [2.05, 4.69) is 14.9 Å². The smallest absolute Gasteiger partial charge is 0.405 e. The third-order valence-electron chi connectivity index (χ3n) is 2.09. The van der Waals surface area contributed by atoms with Gasteiger partial charge in [0.25, 0.3) is 5.91 Å². The van der Waals surface area contributed by atoms with E-state index >= 15 is 0 Å². The number of ether oxygens (including phenoxy) is 1. The molecule has 0 aliphatic rings. The number of aryl methyl sites for hydroxylation is 1. The van der Waals surface area contributed by atoms with E-state index in [1.807, 2.05) is 0 Å². The number of urea groups is 1. The predicted molar refractivity (Wildman–Crippen MR) is 73.8 cm³/mol. The van der Waals surface area contributed by atoms with Crippen LogP contribution in [0.25, 0.3) is 0 Å². The van der Waals surface area contributed by atoms with Gasteiger partial charge in [0.05, 0.1) is 11.5 Å². The van der Waals surface area contributed by atoms with Crippen LogP contribution < -0.4 is 10.6 Å². The molecule has 1 rings (SSSR count). The first-order valence-electron chi connectivity index (χ1n) is 6.32. The van der Waals surface area contributed by atoms with Crippen molar-refractivity contribution >= 4 is 29.7 Å². The molecule has 0 bridgehead atoms. The lowest BCUT2D eigenvalue weighted by atomic mass is 10.6. The van der Waals surface area contributed by atoms with Gasteiger partial charge in [-0.05, 0) is 0 Å². The summed E-state index contributed by atoms with van der Waals surface area (Å²) in [7, 11) is 0. The normalized spacial score (nSPS) is 11.0. The van der Waals surface area contributed by atoms with Crippen LogP contribution in [-0.4, -0.2) is 53.1 Å². The number of esters is 1. The van der Waals surface area contributed by atoms with Gasteiger partial charge in [0.1, 0.15) is 6.54 Å². The number of thioether (sulfide) groups is 1. The highest BCUT2D eigenvalue weighted by atomic mass is 32.2. The van der Waals surface area contributed by atoms with Gasteiger partial charge in [0.15, 0.2) is 12.4 Å². The fourth-order valence-corrected chi connectivity index (χ4v) is 1.85. The number of rotatable bonds is 7. The van der Waals surface area contributed by atoms with Crippen molar-refractivity contribution in [3.8, 4) is 0 Å². The molecular formula is C11H13F3N4O5S. The molecule has 3 amide bonds. The maximum Gasteiger partial charge on any atom is 0.405 e. The van der Waals surface area contributed by atoms with E-state index in [0.29, 0.717) is 17.5 Å². The molecule has 13 heteroatoms. The first-order valence-corrected chi connectivity index (χ1v) is 7.48. The van der Waals surface area contributed by atoms with E-state index in [9.17, 15) is 27.6 Å². The van der Waals surface area contributed by atoms with Crippen LogP contribution in [0.5, 0.6) is 0 Å². The summed E-state index contributed by atoms with van der Waals surface area (Å²) >= 11 is 1.11. The van der Waals surface area contributed by atoms with Gasteiger partial charge >= 0.3 is 18.2 Å². The van der Waals surface area contributed by atoms with Crippen LogP contribution >= 0.6 is 11.8 Å². The highest BCUT2D eigenvalue weighted by Crippen LogP contribution is 2.12. The average Bonchev–Trinajstić information content (AvgIpc) is 2.88. The Hall–Kier alpha value is -2.31. The van der Waals surface area contributed by atoms with Gasteiger partial charge in [0.2, 0.25) is 5.89 Å². The van der Waals surface area contributed by atoms with Crippen LogP contribution in [0.15, 0.2) is 4.52 Å². The number of nitrogens with one attached hydrogen (secondary N) is 2. The van der Waals surface area contributed by atoms with Crippen molar-refractivity contribution in [1.82, 2.24) is 20.8 Å². The van der Waals surface area contributed by atoms with Crippen LogP contribution in [-0.2, 0) is 20.1 Å². The molecular weight excluding hydrogens is 357 g/mol. The molecule has 0 atom stereocenters. The molecule has 0 aliphatic heterocycles. The van der Waals surface area contributed by atoms with Crippen molar-refractivity contribution < 1.29 is 36.8 Å². The molecule has 9 nitrogen and oxygen atoms in total. The number of halogens is 3. The van der Waals surface area contributed by atoms with E-state index in [4.69, 9.17) is 4.52 Å². The minimum atomic E-state index is -4.60. The number of amides is 3. The first-order chi connectivity index (χ1) is 11.2. The van der Waals surface area contributed by atoms with E-state index in [1.165, 1.54) is 5.32 Å². The maximum atomic E-state index is 11.8. The Labute approximate surface area is 137 Å². The van der Waals surface area contributed by atoms with E-state index < -0.39 is 37.2 Å².